The highest BCUT2D eigenvalue weighted by atomic mass is 15.2. The Labute approximate surface area is 150 Å². The van der Waals surface area contributed by atoms with E-state index in [4.69, 9.17) is 5.73 Å². The predicted molar refractivity (Wildman–Crippen MR) is 109 cm³/mol. The van der Waals surface area contributed by atoms with Crippen molar-refractivity contribution in [2.75, 3.05) is 24.1 Å². The van der Waals surface area contributed by atoms with Crippen LogP contribution >= 0.6 is 0 Å². The fraction of sp³-hybridized carbons (Fsp3) is 0.273. The molecule has 0 aliphatic carbocycles. The summed E-state index contributed by atoms with van der Waals surface area (Å²) in [6.45, 7) is 8.96. The van der Waals surface area contributed by atoms with Gasteiger partial charge in [-0.15, -0.1) is 0 Å². The quantitative estimate of drug-likeness (QED) is 0.827. The Morgan fingerprint density at radius 3 is 2.84 bits per heavy atom. The minimum atomic E-state index is 0.453. The second-order valence-corrected chi connectivity index (χ2v) is 6.56. The summed E-state index contributed by atoms with van der Waals surface area (Å²) < 4.78 is 0. The molecule has 1 atom stereocenters. The van der Waals surface area contributed by atoms with Gasteiger partial charge in [0.15, 0.2) is 0 Å². The van der Waals surface area contributed by atoms with Crippen molar-refractivity contribution in [2.45, 2.75) is 25.9 Å². The molecule has 2 aromatic carbocycles. The van der Waals surface area contributed by atoms with E-state index in [0.29, 0.717) is 6.04 Å². The van der Waals surface area contributed by atoms with Gasteiger partial charge in [-0.2, -0.15) is 0 Å². The zero-order valence-corrected chi connectivity index (χ0v) is 14.9. The number of para-hydroxylation sites is 1. The molecule has 130 valence electrons. The summed E-state index contributed by atoms with van der Waals surface area (Å²) in [7, 11) is 0. The van der Waals surface area contributed by atoms with Gasteiger partial charge in [-0.25, -0.2) is 0 Å². The van der Waals surface area contributed by atoms with Crippen LogP contribution < -0.4 is 21.5 Å². The molecule has 1 saturated heterocycles. The zero-order valence-electron chi connectivity index (χ0n) is 14.9. The smallest absolute Gasteiger partial charge is 0.0422 e. The summed E-state index contributed by atoms with van der Waals surface area (Å²) in [5.74, 6) is 0. The van der Waals surface area contributed by atoms with Crippen molar-refractivity contribution in [3.63, 3.8) is 0 Å². The molecule has 3 N–H and O–H groups in total. The van der Waals surface area contributed by atoms with E-state index in [-0.39, 0.29) is 0 Å². The Bertz CT molecular complexity index is 854. The Balaban J connectivity index is 1.71. The third-order valence-corrected chi connectivity index (χ3v) is 4.82. The molecule has 2 aromatic rings. The van der Waals surface area contributed by atoms with Crippen LogP contribution in [-0.4, -0.2) is 24.0 Å². The Morgan fingerprint density at radius 1 is 1.24 bits per heavy atom. The highest BCUT2D eigenvalue weighted by molar-refractivity contribution is 5.54. The number of hydrogen-bond acceptors (Lipinski definition) is 3. The first kappa shape index (κ1) is 17.3. The van der Waals surface area contributed by atoms with Gasteiger partial charge >= 0.3 is 0 Å². The lowest BCUT2D eigenvalue weighted by Crippen LogP contribution is -2.32. The van der Waals surface area contributed by atoms with Crippen LogP contribution in [0.3, 0.4) is 0 Å². The molecule has 0 radical (unpaired) electrons. The largest absolute Gasteiger partial charge is 0.398 e. The van der Waals surface area contributed by atoms with E-state index in [0.717, 1.165) is 31.7 Å². The molecule has 0 aromatic heterocycles. The highest BCUT2D eigenvalue weighted by Crippen LogP contribution is 2.19. The summed E-state index contributed by atoms with van der Waals surface area (Å²) in [6, 6.07) is 15.0. The van der Waals surface area contributed by atoms with Crippen molar-refractivity contribution in [1.82, 2.24) is 4.90 Å². The minimum absolute atomic E-state index is 0.453. The lowest BCUT2D eigenvalue weighted by atomic mass is 10.1. The number of nitrogens with two attached hydrogens (primary N) is 1. The van der Waals surface area contributed by atoms with Gasteiger partial charge in [0.1, 0.15) is 0 Å². The summed E-state index contributed by atoms with van der Waals surface area (Å²) in [4.78, 5) is 2.47. The minimum Gasteiger partial charge on any atom is -0.398 e. The molecule has 1 heterocycles. The fourth-order valence-corrected chi connectivity index (χ4v) is 3.50. The third kappa shape index (κ3) is 4.12. The van der Waals surface area contributed by atoms with E-state index < -0.39 is 0 Å². The van der Waals surface area contributed by atoms with E-state index in [2.05, 4.69) is 66.2 Å². The average molecular weight is 333 g/mol. The van der Waals surface area contributed by atoms with Crippen LogP contribution in [0.2, 0.25) is 0 Å². The van der Waals surface area contributed by atoms with Gasteiger partial charge in [0.05, 0.1) is 0 Å². The average Bonchev–Trinajstić information content (AvgIpc) is 3.05. The maximum atomic E-state index is 6.08. The SMILES string of the molecule is C=C/C=c1/c(NC2CCN(Cc3ccccc3N)C2)ccc/c1=C/C. The van der Waals surface area contributed by atoms with Crippen LogP contribution in [0.25, 0.3) is 12.2 Å². The molecule has 1 aliphatic rings. The molecule has 25 heavy (non-hydrogen) atoms. The van der Waals surface area contributed by atoms with E-state index in [1.54, 1.807) is 0 Å². The van der Waals surface area contributed by atoms with E-state index in [1.165, 1.54) is 21.7 Å². The zero-order chi connectivity index (χ0) is 17.6. The molecule has 1 unspecified atom stereocenters. The molecule has 0 saturated carbocycles. The van der Waals surface area contributed by atoms with Crippen molar-refractivity contribution in [1.29, 1.82) is 0 Å². The second-order valence-electron chi connectivity index (χ2n) is 6.56. The molecule has 0 spiro atoms. The first-order valence-electron chi connectivity index (χ1n) is 8.91. The van der Waals surface area contributed by atoms with Gasteiger partial charge in [0.2, 0.25) is 0 Å². The number of rotatable bonds is 5. The summed E-state index contributed by atoms with van der Waals surface area (Å²) in [5.41, 5.74) is 9.36. The van der Waals surface area contributed by atoms with E-state index in [9.17, 15) is 0 Å². The highest BCUT2D eigenvalue weighted by Gasteiger charge is 2.22. The number of nitrogens with zero attached hydrogens (tertiary/aromatic N) is 1. The molecule has 3 rings (SSSR count). The second kappa shape index (κ2) is 8.04. The Hall–Kier alpha value is -2.52. The van der Waals surface area contributed by atoms with Crippen molar-refractivity contribution < 1.29 is 0 Å². The monoisotopic (exact) mass is 333 g/mol. The number of nitrogen functional groups attached to an aromatic ring is 1. The molecule has 1 fully saturated rings. The molecular formula is C22H27N3. The summed E-state index contributed by atoms with van der Waals surface area (Å²) in [6.07, 6.45) is 7.21. The number of benzene rings is 2. The van der Waals surface area contributed by atoms with Gasteiger partial charge in [0, 0.05) is 42.3 Å². The molecule has 0 bridgehead atoms. The van der Waals surface area contributed by atoms with Crippen LogP contribution in [0.1, 0.15) is 18.9 Å². The molecular weight excluding hydrogens is 306 g/mol. The van der Waals surface area contributed by atoms with Gasteiger partial charge < -0.3 is 11.1 Å². The lowest BCUT2D eigenvalue weighted by Gasteiger charge is -2.18. The maximum Gasteiger partial charge on any atom is 0.0422 e. The van der Waals surface area contributed by atoms with Gasteiger partial charge in [-0.1, -0.05) is 55.1 Å². The third-order valence-electron chi connectivity index (χ3n) is 4.82. The first-order chi connectivity index (χ1) is 12.2. The summed E-state index contributed by atoms with van der Waals surface area (Å²) >= 11 is 0. The predicted octanol–water partition coefficient (Wildman–Crippen LogP) is 2.72. The van der Waals surface area contributed by atoms with Gasteiger partial charge in [0.25, 0.3) is 0 Å². The van der Waals surface area contributed by atoms with E-state index >= 15 is 0 Å². The normalized spacial score (nSPS) is 19.3. The van der Waals surface area contributed by atoms with Crippen molar-refractivity contribution >= 4 is 23.5 Å². The van der Waals surface area contributed by atoms with Crippen LogP contribution in [0.4, 0.5) is 11.4 Å². The van der Waals surface area contributed by atoms with Gasteiger partial charge in [-0.3, -0.25) is 4.90 Å². The van der Waals surface area contributed by atoms with Crippen molar-refractivity contribution in [3.05, 3.63) is 71.1 Å². The van der Waals surface area contributed by atoms with E-state index in [1.807, 2.05) is 18.2 Å². The number of allylic oxidation sites excluding steroid dienone is 1. The number of nitrogens with one attached hydrogen (secondary N) is 1. The Morgan fingerprint density at radius 2 is 2.08 bits per heavy atom. The lowest BCUT2D eigenvalue weighted by molar-refractivity contribution is 0.329. The first-order valence-corrected chi connectivity index (χ1v) is 8.91. The molecule has 1 aliphatic heterocycles. The maximum absolute atomic E-state index is 6.08. The molecule has 3 heteroatoms. The molecule has 3 nitrogen and oxygen atoms in total. The van der Waals surface area contributed by atoms with Crippen molar-refractivity contribution in [2.24, 2.45) is 0 Å². The fourth-order valence-electron chi connectivity index (χ4n) is 3.50. The summed E-state index contributed by atoms with van der Waals surface area (Å²) in [5, 5.41) is 6.17. The number of hydrogen-bond donors (Lipinski definition) is 2. The standard InChI is InChI=1S/C22H27N3/c1-3-8-20-17(4-2)10-7-12-22(20)24-19-13-14-25(16-19)15-18-9-5-6-11-21(18)23/h3-12,19,24H,1,13-16,23H2,2H3/b17-4-,20-8+. The Kier molecular flexibility index (Phi) is 5.56. The van der Waals surface area contributed by atoms with Crippen LogP contribution in [0.15, 0.2) is 55.1 Å². The van der Waals surface area contributed by atoms with Crippen LogP contribution in [-0.2, 0) is 6.54 Å². The van der Waals surface area contributed by atoms with Crippen LogP contribution in [0, 0.1) is 0 Å². The van der Waals surface area contributed by atoms with Crippen molar-refractivity contribution in [3.8, 4) is 0 Å². The number of anilines is 2. The number of likely N-dealkylation sites (tertiary alicyclic amines) is 1. The van der Waals surface area contributed by atoms with Crippen LogP contribution in [0.5, 0.6) is 0 Å². The molecule has 0 amide bonds. The van der Waals surface area contributed by atoms with Gasteiger partial charge in [-0.05, 0) is 36.3 Å². The topological polar surface area (TPSA) is 41.3 Å².